The third-order valence-corrected chi connectivity index (χ3v) is 9.47. The Bertz CT molecular complexity index is 2480. The minimum atomic E-state index is 0.915. The highest BCUT2D eigenvalue weighted by atomic mass is 127. The molecule has 9 rings (SSSR count). The van der Waals surface area contributed by atoms with Gasteiger partial charge in [-0.1, -0.05) is 109 Å². The lowest BCUT2D eigenvalue weighted by Gasteiger charge is -2.20. The maximum Gasteiger partial charge on any atom is 0.135 e. The molecule has 0 amide bonds. The molecule has 212 valence electrons. The van der Waals surface area contributed by atoms with E-state index >= 15 is 0 Å². The van der Waals surface area contributed by atoms with Gasteiger partial charge in [-0.05, 0) is 93.4 Å². The number of rotatable bonds is 4. The predicted molar refractivity (Wildman–Crippen MR) is 197 cm³/mol. The smallest absolute Gasteiger partial charge is 0.135 e. The lowest BCUT2D eigenvalue weighted by atomic mass is 9.95. The quantitative estimate of drug-likeness (QED) is 0.168. The van der Waals surface area contributed by atoms with E-state index in [1.54, 1.807) is 0 Å². The summed E-state index contributed by atoms with van der Waals surface area (Å²) in [5.74, 6) is 0. The molecule has 0 saturated carbocycles. The number of furan rings is 1. The molecule has 2 heterocycles. The molecule has 0 radical (unpaired) electrons. The van der Waals surface area contributed by atoms with Gasteiger partial charge in [-0.2, -0.15) is 0 Å². The van der Waals surface area contributed by atoms with E-state index in [0.717, 1.165) is 21.9 Å². The Morgan fingerprint density at radius 1 is 0.400 bits per heavy atom. The molecule has 0 N–H and O–H groups in total. The van der Waals surface area contributed by atoms with Crippen molar-refractivity contribution in [2.75, 3.05) is 0 Å². The Hall–Kier alpha value is -5.13. The van der Waals surface area contributed by atoms with E-state index < -0.39 is 0 Å². The lowest BCUT2D eigenvalue weighted by molar-refractivity contribution is 0.669. The number of benzene rings is 7. The monoisotopic (exact) mass is 687 g/mol. The summed E-state index contributed by atoms with van der Waals surface area (Å²) >= 11 is 2.46. The zero-order valence-corrected chi connectivity index (χ0v) is 26.4. The van der Waals surface area contributed by atoms with E-state index in [4.69, 9.17) is 4.42 Å². The van der Waals surface area contributed by atoms with Crippen molar-refractivity contribution in [2.24, 2.45) is 0 Å². The first-order valence-electron chi connectivity index (χ1n) is 15.1. The molecule has 9 aromatic rings. The summed E-state index contributed by atoms with van der Waals surface area (Å²) < 4.78 is 9.81. The summed E-state index contributed by atoms with van der Waals surface area (Å²) in [5, 5.41) is 4.76. The maximum absolute atomic E-state index is 6.12. The third kappa shape index (κ3) is 4.30. The minimum Gasteiger partial charge on any atom is -0.456 e. The first-order chi connectivity index (χ1) is 22.2. The highest BCUT2D eigenvalue weighted by molar-refractivity contribution is 14.1. The van der Waals surface area contributed by atoms with E-state index in [-0.39, 0.29) is 0 Å². The Balaban J connectivity index is 1.34. The minimum absolute atomic E-state index is 0.915. The highest BCUT2D eigenvalue weighted by Gasteiger charge is 2.21. The highest BCUT2D eigenvalue weighted by Crippen LogP contribution is 2.43. The Morgan fingerprint density at radius 3 is 1.64 bits per heavy atom. The summed E-state index contributed by atoms with van der Waals surface area (Å²) in [7, 11) is 0. The second-order valence-corrected chi connectivity index (χ2v) is 12.7. The first-order valence-corrected chi connectivity index (χ1v) is 16.2. The number of hydrogen-bond acceptors (Lipinski definition) is 1. The largest absolute Gasteiger partial charge is 0.456 e. The summed E-state index contributed by atoms with van der Waals surface area (Å²) in [6.07, 6.45) is 0. The molecule has 0 spiro atoms. The zero-order chi connectivity index (χ0) is 29.9. The van der Waals surface area contributed by atoms with Crippen LogP contribution in [0.5, 0.6) is 0 Å². The number of para-hydroxylation sites is 2. The number of hydrogen-bond donors (Lipinski definition) is 0. The standard InChI is InChI=1S/C42H26INO/c43-31-25-34(27-11-3-1-4-12-27)42(35(26-31)28-13-5-2-6-14-28)44-38-17-9-7-15-32(38)36-23-29(19-21-39(36)44)30-20-22-41-37(24-30)33-16-8-10-18-40(33)45-41/h1-26H. The second kappa shape index (κ2) is 10.5. The van der Waals surface area contributed by atoms with Crippen LogP contribution in [-0.2, 0) is 0 Å². The van der Waals surface area contributed by atoms with Crippen LogP contribution in [-0.4, -0.2) is 4.57 Å². The Kier molecular flexibility index (Phi) is 6.13. The van der Waals surface area contributed by atoms with Gasteiger partial charge in [-0.25, -0.2) is 0 Å². The molecule has 0 aliphatic carbocycles. The van der Waals surface area contributed by atoms with Crippen LogP contribution in [0.2, 0.25) is 0 Å². The van der Waals surface area contributed by atoms with Crippen molar-refractivity contribution in [1.29, 1.82) is 0 Å². The molecule has 0 aliphatic heterocycles. The van der Waals surface area contributed by atoms with E-state index in [1.165, 1.54) is 64.4 Å². The third-order valence-electron chi connectivity index (χ3n) is 8.85. The van der Waals surface area contributed by atoms with Crippen molar-refractivity contribution in [1.82, 2.24) is 4.57 Å². The van der Waals surface area contributed by atoms with Crippen LogP contribution >= 0.6 is 22.6 Å². The summed E-state index contributed by atoms with van der Waals surface area (Å²) in [6.45, 7) is 0. The molecule has 0 atom stereocenters. The van der Waals surface area contributed by atoms with Gasteiger partial charge in [0.05, 0.1) is 16.7 Å². The number of fused-ring (bicyclic) bond motifs is 6. The SMILES string of the molecule is Ic1cc(-c2ccccc2)c(-n2c3ccccc3c3cc(-c4ccc5oc6ccccc6c5c4)ccc32)c(-c2ccccc2)c1. The fourth-order valence-electron chi connectivity index (χ4n) is 6.81. The van der Waals surface area contributed by atoms with Crippen molar-refractivity contribution in [3.05, 3.63) is 161 Å². The van der Waals surface area contributed by atoms with Crippen molar-refractivity contribution in [2.45, 2.75) is 0 Å². The van der Waals surface area contributed by atoms with Crippen LogP contribution in [0.4, 0.5) is 0 Å². The molecule has 0 bridgehead atoms. The van der Waals surface area contributed by atoms with Crippen molar-refractivity contribution >= 4 is 66.3 Å². The Labute approximate surface area is 274 Å². The lowest BCUT2D eigenvalue weighted by Crippen LogP contribution is -2.01. The molecule has 7 aromatic carbocycles. The first kappa shape index (κ1) is 26.3. The van der Waals surface area contributed by atoms with Gasteiger partial charge in [0.15, 0.2) is 0 Å². The number of halogens is 1. The molecule has 0 saturated heterocycles. The van der Waals surface area contributed by atoms with Crippen LogP contribution in [0.15, 0.2) is 162 Å². The second-order valence-electron chi connectivity index (χ2n) is 11.5. The van der Waals surface area contributed by atoms with Crippen molar-refractivity contribution in [3.8, 4) is 39.1 Å². The van der Waals surface area contributed by atoms with Gasteiger partial charge in [0.1, 0.15) is 11.2 Å². The van der Waals surface area contributed by atoms with Crippen LogP contribution in [0.25, 0.3) is 82.8 Å². The van der Waals surface area contributed by atoms with E-state index in [1.807, 2.05) is 12.1 Å². The van der Waals surface area contributed by atoms with E-state index in [2.05, 4.69) is 173 Å². The molecular formula is C42H26INO. The Morgan fingerprint density at radius 2 is 0.933 bits per heavy atom. The van der Waals surface area contributed by atoms with Gasteiger partial charge in [0.2, 0.25) is 0 Å². The fourth-order valence-corrected chi connectivity index (χ4v) is 7.44. The van der Waals surface area contributed by atoms with Crippen molar-refractivity contribution < 1.29 is 4.42 Å². The maximum atomic E-state index is 6.12. The van der Waals surface area contributed by atoms with Crippen molar-refractivity contribution in [3.63, 3.8) is 0 Å². The fraction of sp³-hybridized carbons (Fsp3) is 0. The van der Waals surface area contributed by atoms with Crippen LogP contribution < -0.4 is 0 Å². The van der Waals surface area contributed by atoms with Gasteiger partial charge in [0.25, 0.3) is 0 Å². The molecule has 2 aromatic heterocycles. The van der Waals surface area contributed by atoms with E-state index in [0.29, 0.717) is 0 Å². The van der Waals surface area contributed by atoms with Crippen LogP contribution in [0.1, 0.15) is 0 Å². The van der Waals surface area contributed by atoms with Gasteiger partial charge < -0.3 is 8.98 Å². The van der Waals surface area contributed by atoms with Gasteiger partial charge in [0, 0.05) is 36.2 Å². The average Bonchev–Trinajstić information content (AvgIpc) is 3.63. The molecule has 45 heavy (non-hydrogen) atoms. The number of aromatic nitrogens is 1. The molecule has 0 aliphatic rings. The summed E-state index contributed by atoms with van der Waals surface area (Å²) in [6, 6.07) is 56.7. The summed E-state index contributed by atoms with van der Waals surface area (Å²) in [5.41, 5.74) is 12.6. The molecule has 3 heteroatoms. The van der Waals surface area contributed by atoms with Gasteiger partial charge in [-0.3, -0.25) is 0 Å². The van der Waals surface area contributed by atoms with E-state index in [9.17, 15) is 0 Å². The molecule has 0 fully saturated rings. The van der Waals surface area contributed by atoms with Gasteiger partial charge >= 0.3 is 0 Å². The molecule has 0 unspecified atom stereocenters. The van der Waals surface area contributed by atoms with Crippen LogP contribution in [0.3, 0.4) is 0 Å². The topological polar surface area (TPSA) is 18.1 Å². The normalized spacial score (nSPS) is 11.7. The number of nitrogens with zero attached hydrogens (tertiary/aromatic N) is 1. The van der Waals surface area contributed by atoms with Crippen LogP contribution in [0, 0.1) is 3.57 Å². The average molecular weight is 688 g/mol. The molecule has 2 nitrogen and oxygen atoms in total. The van der Waals surface area contributed by atoms with Gasteiger partial charge in [-0.15, -0.1) is 0 Å². The predicted octanol–water partition coefficient (Wildman–Crippen LogP) is 12.3. The summed E-state index contributed by atoms with van der Waals surface area (Å²) in [4.78, 5) is 0. The zero-order valence-electron chi connectivity index (χ0n) is 24.2. The molecular weight excluding hydrogens is 661 g/mol.